The van der Waals surface area contributed by atoms with E-state index in [1.165, 1.54) is 11.1 Å². The molecule has 0 amide bonds. The number of hydrogen-bond acceptors (Lipinski definition) is 9. The van der Waals surface area contributed by atoms with Crippen molar-refractivity contribution in [1.82, 2.24) is 14.9 Å². The fraction of sp³-hybridized carbons (Fsp3) is 0.519. The number of nitrogens with one attached hydrogen (secondary N) is 2. The summed E-state index contributed by atoms with van der Waals surface area (Å²) in [5.74, 6) is 1.32. The van der Waals surface area contributed by atoms with E-state index in [0.29, 0.717) is 16.8 Å². The summed E-state index contributed by atoms with van der Waals surface area (Å²) in [6.45, 7) is 5.79. The highest BCUT2D eigenvalue weighted by molar-refractivity contribution is 6.32. The molecule has 0 saturated heterocycles. The number of nitrogens with zero attached hydrogens (tertiary/aromatic N) is 3. The van der Waals surface area contributed by atoms with E-state index in [1.54, 1.807) is 20.2 Å². The minimum absolute atomic E-state index is 0.145. The van der Waals surface area contributed by atoms with Crippen LogP contribution in [0.25, 0.3) is 0 Å². The van der Waals surface area contributed by atoms with Crippen LogP contribution in [-0.4, -0.2) is 73.1 Å². The molecule has 3 aliphatic rings. The van der Waals surface area contributed by atoms with Crippen molar-refractivity contribution in [3.8, 4) is 0 Å². The van der Waals surface area contributed by atoms with Crippen molar-refractivity contribution >= 4 is 35.2 Å². The number of hydrogen-bond donors (Lipinski definition) is 2. The molecule has 0 radical (unpaired) electrons. The van der Waals surface area contributed by atoms with Crippen LogP contribution in [0.3, 0.4) is 0 Å². The Morgan fingerprint density at radius 2 is 2.00 bits per heavy atom. The molecule has 2 aromatic rings. The maximum absolute atomic E-state index is 12.0. The molecule has 1 aromatic carbocycles. The summed E-state index contributed by atoms with van der Waals surface area (Å²) in [5.41, 5.74) is 3.65. The van der Waals surface area contributed by atoms with E-state index >= 15 is 0 Å². The van der Waals surface area contributed by atoms with Gasteiger partial charge in [-0.15, -0.1) is 0 Å². The second-order valence-electron chi connectivity index (χ2n) is 9.72. The average Bonchev–Trinajstić information content (AvgIpc) is 3.42. The van der Waals surface area contributed by atoms with Gasteiger partial charge in [-0.3, -0.25) is 0 Å². The van der Waals surface area contributed by atoms with Gasteiger partial charge in [0.05, 0.1) is 25.5 Å². The molecule has 0 spiro atoms. The van der Waals surface area contributed by atoms with Crippen LogP contribution >= 0.6 is 11.6 Å². The third-order valence-corrected chi connectivity index (χ3v) is 7.67. The van der Waals surface area contributed by atoms with E-state index in [1.807, 2.05) is 0 Å². The molecule has 198 valence electrons. The third kappa shape index (κ3) is 6.00. The fourth-order valence-electron chi connectivity index (χ4n) is 5.50. The lowest BCUT2D eigenvalue weighted by molar-refractivity contribution is 0.0142. The van der Waals surface area contributed by atoms with Crippen LogP contribution in [-0.2, 0) is 27.1 Å². The van der Waals surface area contributed by atoms with E-state index in [9.17, 15) is 4.79 Å². The highest BCUT2D eigenvalue weighted by atomic mass is 35.5. The highest BCUT2D eigenvalue weighted by Gasteiger charge is 2.47. The number of ether oxygens (including phenoxy) is 3. The lowest BCUT2D eigenvalue weighted by Crippen LogP contribution is -2.40. The van der Waals surface area contributed by atoms with Gasteiger partial charge in [-0.1, -0.05) is 29.8 Å². The van der Waals surface area contributed by atoms with E-state index in [-0.39, 0.29) is 30.6 Å². The molecular formula is C27H34ClN5O4. The number of fused-ring (bicyclic) bond motifs is 3. The highest BCUT2D eigenvalue weighted by Crippen LogP contribution is 2.43. The SMILES string of the molecule is CCOC(=O)OC1C2C=CC(C2)C1Nc1nc(Nc2ccc3c(c2)CCN(CCOC)CC3)ncc1Cl. The molecule has 1 fully saturated rings. The number of halogens is 1. The van der Waals surface area contributed by atoms with Crippen LogP contribution in [0.1, 0.15) is 24.5 Å². The Morgan fingerprint density at radius 3 is 2.81 bits per heavy atom. The van der Waals surface area contributed by atoms with Crippen molar-refractivity contribution in [2.75, 3.05) is 50.6 Å². The maximum Gasteiger partial charge on any atom is 0.508 e. The van der Waals surface area contributed by atoms with E-state index in [0.717, 1.165) is 51.2 Å². The van der Waals surface area contributed by atoms with E-state index in [2.05, 4.69) is 55.9 Å². The standard InChI is InChI=1S/C27H34ClN5O4/c1-3-36-27(34)37-24-20-5-4-19(14-20)23(24)31-25-22(28)16-29-26(32-25)30-21-7-6-17-8-10-33(12-13-35-2)11-9-18(17)15-21/h4-7,15-16,19-20,23-24H,3,8-14H2,1-2H3,(H2,29,30,31,32). The van der Waals surface area contributed by atoms with Crippen LogP contribution in [0.4, 0.5) is 22.2 Å². The molecule has 1 saturated carbocycles. The molecule has 37 heavy (non-hydrogen) atoms. The molecule has 2 bridgehead atoms. The summed E-state index contributed by atoms with van der Waals surface area (Å²) in [6.07, 6.45) is 7.78. The summed E-state index contributed by atoms with van der Waals surface area (Å²) in [6, 6.07) is 6.29. The Kier molecular flexibility index (Phi) is 8.12. The monoisotopic (exact) mass is 527 g/mol. The predicted molar refractivity (Wildman–Crippen MR) is 143 cm³/mol. The zero-order valence-electron chi connectivity index (χ0n) is 21.3. The van der Waals surface area contributed by atoms with Crippen molar-refractivity contribution in [3.63, 3.8) is 0 Å². The third-order valence-electron chi connectivity index (χ3n) is 7.40. The van der Waals surface area contributed by atoms with Gasteiger partial charge in [0.1, 0.15) is 11.1 Å². The molecule has 9 nitrogen and oxygen atoms in total. The molecule has 2 aliphatic carbocycles. The zero-order chi connectivity index (χ0) is 25.8. The lowest BCUT2D eigenvalue weighted by Gasteiger charge is -2.29. The first-order valence-corrected chi connectivity index (χ1v) is 13.3. The van der Waals surface area contributed by atoms with Crippen LogP contribution in [0.2, 0.25) is 5.02 Å². The molecule has 1 aromatic heterocycles. The molecule has 2 heterocycles. The largest absolute Gasteiger partial charge is 0.508 e. The fourth-order valence-corrected chi connectivity index (χ4v) is 5.64. The minimum Gasteiger partial charge on any atom is -0.435 e. The van der Waals surface area contributed by atoms with Crippen LogP contribution in [0, 0.1) is 11.8 Å². The van der Waals surface area contributed by atoms with Gasteiger partial charge < -0.3 is 29.7 Å². The second kappa shape index (κ2) is 11.7. The van der Waals surface area contributed by atoms with Gasteiger partial charge in [0.2, 0.25) is 5.95 Å². The summed E-state index contributed by atoms with van der Waals surface area (Å²) < 4.78 is 15.9. The van der Waals surface area contributed by atoms with E-state index in [4.69, 9.17) is 25.8 Å². The van der Waals surface area contributed by atoms with Gasteiger partial charge in [0, 0.05) is 44.3 Å². The number of carbonyl (C=O) groups is 1. The summed E-state index contributed by atoms with van der Waals surface area (Å²) in [7, 11) is 1.74. The van der Waals surface area contributed by atoms with Crippen molar-refractivity contribution in [2.24, 2.45) is 11.8 Å². The topological polar surface area (TPSA) is 97.8 Å². The van der Waals surface area contributed by atoms with Crippen molar-refractivity contribution in [1.29, 1.82) is 0 Å². The van der Waals surface area contributed by atoms with Crippen LogP contribution in [0.5, 0.6) is 0 Å². The van der Waals surface area contributed by atoms with Crippen LogP contribution in [0.15, 0.2) is 36.5 Å². The van der Waals surface area contributed by atoms with Crippen LogP contribution < -0.4 is 10.6 Å². The van der Waals surface area contributed by atoms with Gasteiger partial charge in [-0.25, -0.2) is 9.78 Å². The molecule has 4 atom stereocenters. The van der Waals surface area contributed by atoms with Gasteiger partial charge in [0.25, 0.3) is 0 Å². The Hall–Kier alpha value is -2.88. The smallest absolute Gasteiger partial charge is 0.435 e. The van der Waals surface area contributed by atoms with Gasteiger partial charge in [0.15, 0.2) is 5.82 Å². The molecule has 5 rings (SSSR count). The first kappa shape index (κ1) is 25.8. The van der Waals surface area contributed by atoms with Crippen molar-refractivity contribution in [2.45, 2.75) is 38.3 Å². The number of carbonyl (C=O) groups excluding carboxylic acids is 1. The van der Waals surface area contributed by atoms with Gasteiger partial charge in [-0.05, 0) is 49.4 Å². The first-order chi connectivity index (χ1) is 18.0. The molecule has 1 aliphatic heterocycles. The number of aromatic nitrogens is 2. The summed E-state index contributed by atoms with van der Waals surface area (Å²) in [4.78, 5) is 23.5. The number of benzene rings is 1. The Labute approximate surface area is 222 Å². The number of anilines is 3. The van der Waals surface area contributed by atoms with Crippen molar-refractivity contribution in [3.05, 3.63) is 52.7 Å². The Bertz CT molecular complexity index is 1150. The van der Waals surface area contributed by atoms with Gasteiger partial charge in [-0.2, -0.15) is 4.98 Å². The first-order valence-electron chi connectivity index (χ1n) is 12.9. The average molecular weight is 528 g/mol. The number of rotatable bonds is 9. The predicted octanol–water partition coefficient (Wildman–Crippen LogP) is 4.45. The maximum atomic E-state index is 12.0. The summed E-state index contributed by atoms with van der Waals surface area (Å²) in [5, 5.41) is 7.16. The quantitative estimate of drug-likeness (QED) is 0.362. The molecule has 4 unspecified atom stereocenters. The number of methoxy groups -OCH3 is 1. The summed E-state index contributed by atoms with van der Waals surface area (Å²) >= 11 is 6.47. The minimum atomic E-state index is -0.651. The Morgan fingerprint density at radius 1 is 1.19 bits per heavy atom. The molecular weight excluding hydrogens is 494 g/mol. The molecule has 10 heteroatoms. The van der Waals surface area contributed by atoms with Gasteiger partial charge >= 0.3 is 6.16 Å². The normalized spacial score (nSPS) is 24.4. The molecule has 2 N–H and O–H groups in total. The Balaban J connectivity index is 1.27. The second-order valence-corrected chi connectivity index (χ2v) is 10.1. The lowest BCUT2D eigenvalue weighted by atomic mass is 9.98. The van der Waals surface area contributed by atoms with Crippen molar-refractivity contribution < 1.29 is 19.0 Å². The zero-order valence-corrected chi connectivity index (χ0v) is 22.0. The van der Waals surface area contributed by atoms with E-state index < -0.39 is 6.16 Å².